The first-order valence-corrected chi connectivity index (χ1v) is 8.08. The smallest absolute Gasteiger partial charge is 0.354 e. The molecule has 130 valence electrons. The Morgan fingerprint density at radius 3 is 2.63 bits per heavy atom. The van der Waals surface area contributed by atoms with Gasteiger partial charge in [-0.15, -0.1) is 0 Å². The molecule has 0 aliphatic heterocycles. The topological polar surface area (TPSA) is 85.2 Å². The zero-order chi connectivity index (χ0) is 18.8. The van der Waals surface area contributed by atoms with Crippen molar-refractivity contribution in [2.45, 2.75) is 0 Å². The van der Waals surface area contributed by atoms with Gasteiger partial charge in [-0.25, -0.2) is 9.59 Å². The summed E-state index contributed by atoms with van der Waals surface area (Å²) in [7, 11) is 0. The largest absolute Gasteiger partial charge is 0.423 e. The Morgan fingerprint density at radius 1 is 1.04 bits per heavy atom. The van der Waals surface area contributed by atoms with E-state index in [4.69, 9.17) is 14.4 Å². The Bertz CT molecular complexity index is 1250. The molecule has 0 aliphatic carbocycles. The lowest BCUT2D eigenvalue weighted by molar-refractivity contribution is 0.0735. The quantitative estimate of drug-likeness (QED) is 0.318. The summed E-state index contributed by atoms with van der Waals surface area (Å²) in [5.41, 5.74) is 0.665. The number of ether oxygens (including phenoxy) is 1. The fourth-order valence-corrected chi connectivity index (χ4v) is 2.70. The van der Waals surface area contributed by atoms with E-state index in [0.717, 1.165) is 5.69 Å². The summed E-state index contributed by atoms with van der Waals surface area (Å²) in [5.74, 6) is -0.286. The molecule has 0 spiro atoms. The van der Waals surface area contributed by atoms with Crippen molar-refractivity contribution in [3.8, 4) is 17.5 Å². The van der Waals surface area contributed by atoms with Crippen molar-refractivity contribution in [1.29, 1.82) is 5.26 Å². The fraction of sp³-hybridized carbons (Fsp3) is 0. The zero-order valence-corrected chi connectivity index (χ0v) is 14.0. The SMILES string of the molecule is N#Cc1cc2ccc(OC(=O)c3cccc(-n4cccc4)c3)cc2oc1=O. The molecule has 2 aromatic carbocycles. The number of hydrogen-bond acceptors (Lipinski definition) is 5. The van der Waals surface area contributed by atoms with E-state index in [0.29, 0.717) is 10.9 Å². The first kappa shape index (κ1) is 16.4. The summed E-state index contributed by atoms with van der Waals surface area (Å²) in [6, 6.07) is 18.7. The van der Waals surface area contributed by atoms with Crippen LogP contribution in [0.25, 0.3) is 16.7 Å². The van der Waals surface area contributed by atoms with Crippen LogP contribution in [0.15, 0.2) is 82.3 Å². The summed E-state index contributed by atoms with van der Waals surface area (Å²) >= 11 is 0. The molecule has 4 aromatic rings. The van der Waals surface area contributed by atoms with Gasteiger partial charge >= 0.3 is 11.6 Å². The van der Waals surface area contributed by atoms with Gasteiger partial charge in [0.2, 0.25) is 0 Å². The van der Waals surface area contributed by atoms with Crippen LogP contribution in [0.4, 0.5) is 0 Å². The highest BCUT2D eigenvalue weighted by molar-refractivity contribution is 5.92. The lowest BCUT2D eigenvalue weighted by atomic mass is 10.2. The van der Waals surface area contributed by atoms with Crippen LogP contribution in [0.1, 0.15) is 15.9 Å². The maximum Gasteiger partial charge on any atom is 0.354 e. The number of esters is 1. The van der Waals surface area contributed by atoms with Crippen molar-refractivity contribution in [3.05, 3.63) is 94.6 Å². The van der Waals surface area contributed by atoms with Gasteiger partial charge in [-0.05, 0) is 48.5 Å². The minimum atomic E-state index is -0.729. The normalized spacial score (nSPS) is 10.5. The summed E-state index contributed by atoms with van der Waals surface area (Å²) in [4.78, 5) is 24.1. The number of aromatic nitrogens is 1. The number of hydrogen-bond donors (Lipinski definition) is 0. The van der Waals surface area contributed by atoms with Crippen molar-refractivity contribution >= 4 is 16.9 Å². The van der Waals surface area contributed by atoms with E-state index < -0.39 is 11.6 Å². The van der Waals surface area contributed by atoms with E-state index in [1.54, 1.807) is 36.4 Å². The Balaban J connectivity index is 1.62. The Kier molecular flexibility index (Phi) is 4.03. The summed E-state index contributed by atoms with van der Waals surface area (Å²) in [6.45, 7) is 0. The van der Waals surface area contributed by atoms with Crippen molar-refractivity contribution < 1.29 is 13.9 Å². The van der Waals surface area contributed by atoms with E-state index in [9.17, 15) is 9.59 Å². The molecule has 0 atom stereocenters. The number of rotatable bonds is 3. The third-order valence-corrected chi connectivity index (χ3v) is 4.02. The molecular weight excluding hydrogens is 344 g/mol. The van der Waals surface area contributed by atoms with Crippen molar-refractivity contribution in [1.82, 2.24) is 4.57 Å². The second kappa shape index (κ2) is 6.65. The maximum absolute atomic E-state index is 12.5. The molecule has 0 N–H and O–H groups in total. The van der Waals surface area contributed by atoms with Crippen LogP contribution < -0.4 is 10.4 Å². The number of carbonyl (C=O) groups excluding carboxylic acids is 1. The molecular formula is C21H12N2O4. The first-order valence-electron chi connectivity index (χ1n) is 8.08. The molecule has 0 saturated heterocycles. The summed E-state index contributed by atoms with van der Waals surface area (Å²) < 4.78 is 12.4. The molecule has 4 rings (SSSR count). The molecule has 0 bridgehead atoms. The van der Waals surface area contributed by atoms with Crippen molar-refractivity contribution in [2.75, 3.05) is 0 Å². The maximum atomic E-state index is 12.5. The number of fused-ring (bicyclic) bond motifs is 1. The van der Waals surface area contributed by atoms with E-state index >= 15 is 0 Å². The predicted molar refractivity (Wildman–Crippen MR) is 97.9 cm³/mol. The van der Waals surface area contributed by atoms with Gasteiger partial charge in [-0.2, -0.15) is 5.26 Å². The van der Waals surface area contributed by atoms with Crippen LogP contribution in [-0.4, -0.2) is 10.5 Å². The monoisotopic (exact) mass is 356 g/mol. The molecule has 0 radical (unpaired) electrons. The number of nitriles is 1. The van der Waals surface area contributed by atoms with Crippen LogP contribution in [0.2, 0.25) is 0 Å². The molecule has 0 saturated carbocycles. The van der Waals surface area contributed by atoms with Crippen LogP contribution in [-0.2, 0) is 0 Å². The minimum absolute atomic E-state index is 0.0749. The molecule has 0 unspecified atom stereocenters. The Labute approximate surface area is 153 Å². The predicted octanol–water partition coefficient (Wildman–Crippen LogP) is 3.67. The van der Waals surface area contributed by atoms with E-state index in [-0.39, 0.29) is 16.9 Å². The van der Waals surface area contributed by atoms with Gasteiger partial charge in [0.15, 0.2) is 0 Å². The molecule has 0 aliphatic rings. The second-order valence-electron chi connectivity index (χ2n) is 5.79. The van der Waals surface area contributed by atoms with Gasteiger partial charge in [0.05, 0.1) is 5.56 Å². The van der Waals surface area contributed by atoms with Crippen LogP contribution in [0.5, 0.6) is 5.75 Å². The summed E-state index contributed by atoms with van der Waals surface area (Å²) in [5, 5.41) is 9.46. The molecule has 2 heterocycles. The van der Waals surface area contributed by atoms with Crippen LogP contribution in [0.3, 0.4) is 0 Å². The van der Waals surface area contributed by atoms with Gasteiger partial charge in [0.25, 0.3) is 0 Å². The van der Waals surface area contributed by atoms with Gasteiger partial charge in [0.1, 0.15) is 23.0 Å². The number of nitrogens with zero attached hydrogens (tertiary/aromatic N) is 2. The Morgan fingerprint density at radius 2 is 1.85 bits per heavy atom. The third-order valence-electron chi connectivity index (χ3n) is 4.02. The Hall–Kier alpha value is -4.11. The van der Waals surface area contributed by atoms with Gasteiger partial charge in [-0.1, -0.05) is 6.07 Å². The first-order chi connectivity index (χ1) is 13.1. The van der Waals surface area contributed by atoms with Crippen LogP contribution in [0, 0.1) is 11.3 Å². The molecule has 0 amide bonds. The van der Waals surface area contributed by atoms with E-state index in [2.05, 4.69) is 0 Å². The van der Waals surface area contributed by atoms with Gasteiger partial charge < -0.3 is 13.7 Å². The molecule has 6 nitrogen and oxygen atoms in total. The van der Waals surface area contributed by atoms with Crippen molar-refractivity contribution in [3.63, 3.8) is 0 Å². The lowest BCUT2D eigenvalue weighted by Crippen LogP contribution is -2.09. The molecule has 2 aromatic heterocycles. The second-order valence-corrected chi connectivity index (χ2v) is 5.79. The van der Waals surface area contributed by atoms with Crippen molar-refractivity contribution in [2.24, 2.45) is 0 Å². The minimum Gasteiger partial charge on any atom is -0.423 e. The van der Waals surface area contributed by atoms with Gasteiger partial charge in [-0.3, -0.25) is 0 Å². The molecule has 0 fully saturated rings. The summed E-state index contributed by atoms with van der Waals surface area (Å²) in [6.07, 6.45) is 3.76. The highest BCUT2D eigenvalue weighted by Crippen LogP contribution is 2.22. The average Bonchev–Trinajstić information content (AvgIpc) is 3.22. The fourth-order valence-electron chi connectivity index (χ4n) is 2.70. The molecule has 27 heavy (non-hydrogen) atoms. The molecule has 6 heteroatoms. The van der Waals surface area contributed by atoms with Gasteiger partial charge in [0, 0.05) is 29.5 Å². The standard InChI is InChI=1S/C21H12N2O4/c22-13-16-10-14-6-7-18(12-19(14)27-21(16)25)26-20(24)15-4-3-5-17(11-15)23-8-1-2-9-23/h1-12H. The van der Waals surface area contributed by atoms with E-state index in [1.807, 2.05) is 35.2 Å². The van der Waals surface area contributed by atoms with Crippen LogP contribution >= 0.6 is 0 Å². The zero-order valence-electron chi connectivity index (χ0n) is 14.0. The third kappa shape index (κ3) is 3.22. The lowest BCUT2D eigenvalue weighted by Gasteiger charge is -2.08. The highest BCUT2D eigenvalue weighted by Gasteiger charge is 2.12. The number of benzene rings is 2. The number of carbonyl (C=O) groups is 1. The average molecular weight is 356 g/mol. The van der Waals surface area contributed by atoms with E-state index in [1.165, 1.54) is 12.1 Å². The highest BCUT2D eigenvalue weighted by atomic mass is 16.5.